The van der Waals surface area contributed by atoms with Crippen molar-refractivity contribution in [3.8, 4) is 6.07 Å². The van der Waals surface area contributed by atoms with E-state index in [2.05, 4.69) is 11.4 Å². The van der Waals surface area contributed by atoms with Crippen LogP contribution in [0, 0.1) is 17.2 Å². The molecule has 2 atom stereocenters. The van der Waals surface area contributed by atoms with Gasteiger partial charge in [-0.2, -0.15) is 5.26 Å². The number of hydrogen-bond donors (Lipinski definition) is 2. The van der Waals surface area contributed by atoms with Gasteiger partial charge in [-0.1, -0.05) is 24.3 Å². The van der Waals surface area contributed by atoms with E-state index in [1.165, 1.54) is 0 Å². The Hall–Kier alpha value is -2.12. The van der Waals surface area contributed by atoms with Crippen LogP contribution in [0.3, 0.4) is 0 Å². The van der Waals surface area contributed by atoms with Crippen molar-refractivity contribution in [1.82, 2.24) is 5.32 Å². The molecule has 0 aromatic heterocycles. The number of rotatable bonds is 5. The third-order valence-corrected chi connectivity index (χ3v) is 3.48. The predicted octanol–water partition coefficient (Wildman–Crippen LogP) is 1.54. The summed E-state index contributed by atoms with van der Waals surface area (Å²) in [6.07, 6.45) is 5.77. The van der Waals surface area contributed by atoms with Gasteiger partial charge in [0.05, 0.1) is 11.6 Å². The van der Waals surface area contributed by atoms with Gasteiger partial charge in [-0.3, -0.25) is 4.79 Å². The number of aryl methyl sites for hydroxylation is 1. The molecule has 1 aromatic rings. The van der Waals surface area contributed by atoms with E-state index in [9.17, 15) is 4.79 Å². The van der Waals surface area contributed by atoms with Gasteiger partial charge in [-0.05, 0) is 30.5 Å². The number of carbonyl (C=O) groups is 1. The number of hydrogen-bond acceptors (Lipinski definition) is 3. The molecule has 0 bridgehead atoms. The van der Waals surface area contributed by atoms with Crippen molar-refractivity contribution in [1.29, 1.82) is 5.26 Å². The van der Waals surface area contributed by atoms with Crippen molar-refractivity contribution < 1.29 is 9.90 Å². The summed E-state index contributed by atoms with van der Waals surface area (Å²) in [6, 6.07) is 9.39. The lowest BCUT2D eigenvalue weighted by molar-refractivity contribution is -0.121. The largest absolute Gasteiger partial charge is 0.396 e. The lowest BCUT2D eigenvalue weighted by Gasteiger charge is -2.12. The Kier molecular flexibility index (Phi) is 4.91. The van der Waals surface area contributed by atoms with Crippen molar-refractivity contribution >= 4 is 5.91 Å². The monoisotopic (exact) mass is 270 g/mol. The number of nitriles is 1. The second-order valence-corrected chi connectivity index (χ2v) is 5.05. The molecule has 0 unspecified atom stereocenters. The summed E-state index contributed by atoms with van der Waals surface area (Å²) in [4.78, 5) is 11.8. The van der Waals surface area contributed by atoms with E-state index in [1.54, 1.807) is 12.1 Å². The molecule has 0 saturated carbocycles. The Morgan fingerprint density at radius 2 is 2.10 bits per heavy atom. The van der Waals surface area contributed by atoms with Gasteiger partial charge in [0, 0.05) is 25.0 Å². The average molecular weight is 270 g/mol. The van der Waals surface area contributed by atoms with Gasteiger partial charge >= 0.3 is 0 Å². The van der Waals surface area contributed by atoms with E-state index in [4.69, 9.17) is 10.4 Å². The molecule has 0 heterocycles. The highest BCUT2D eigenvalue weighted by Crippen LogP contribution is 2.17. The van der Waals surface area contributed by atoms with Crippen LogP contribution in [0.4, 0.5) is 0 Å². The van der Waals surface area contributed by atoms with Gasteiger partial charge < -0.3 is 10.4 Å². The maximum Gasteiger partial charge on any atom is 0.220 e. The predicted molar refractivity (Wildman–Crippen MR) is 75.7 cm³/mol. The summed E-state index contributed by atoms with van der Waals surface area (Å²) in [7, 11) is 0. The van der Waals surface area contributed by atoms with Crippen LogP contribution in [0.25, 0.3) is 0 Å². The topological polar surface area (TPSA) is 73.1 Å². The van der Waals surface area contributed by atoms with E-state index in [-0.39, 0.29) is 24.5 Å². The fourth-order valence-electron chi connectivity index (χ4n) is 2.30. The standard InChI is InChI=1S/C16H18N2O2/c17-10-13-3-1-12(2-4-13)6-8-16(20)18-15-7-5-14(9-15)11-19/h1-5,7,14-15,19H,6,8-9,11H2,(H,18,20)/t14-,15+/m0/s1. The van der Waals surface area contributed by atoms with Crippen molar-refractivity contribution in [2.45, 2.75) is 25.3 Å². The van der Waals surface area contributed by atoms with Gasteiger partial charge in [0.15, 0.2) is 0 Å². The minimum Gasteiger partial charge on any atom is -0.396 e. The van der Waals surface area contributed by atoms with Crippen molar-refractivity contribution in [3.05, 3.63) is 47.5 Å². The Labute approximate surface area is 118 Å². The molecule has 0 saturated heterocycles. The Morgan fingerprint density at radius 1 is 1.35 bits per heavy atom. The molecule has 1 aliphatic rings. The van der Waals surface area contributed by atoms with Gasteiger partial charge in [-0.25, -0.2) is 0 Å². The highest BCUT2D eigenvalue weighted by molar-refractivity contribution is 5.76. The van der Waals surface area contributed by atoms with Crippen LogP contribution < -0.4 is 5.32 Å². The molecule has 20 heavy (non-hydrogen) atoms. The molecular formula is C16H18N2O2. The first-order valence-electron chi connectivity index (χ1n) is 6.79. The first-order chi connectivity index (χ1) is 9.71. The molecule has 0 fully saturated rings. The number of amides is 1. The number of nitrogens with zero attached hydrogens (tertiary/aromatic N) is 1. The Balaban J connectivity index is 1.75. The number of nitrogens with one attached hydrogen (secondary N) is 1. The molecule has 104 valence electrons. The zero-order chi connectivity index (χ0) is 14.4. The summed E-state index contributed by atoms with van der Waals surface area (Å²) >= 11 is 0. The van der Waals surface area contributed by atoms with Crippen LogP contribution in [-0.4, -0.2) is 23.7 Å². The third-order valence-electron chi connectivity index (χ3n) is 3.48. The van der Waals surface area contributed by atoms with Gasteiger partial charge in [0.2, 0.25) is 5.91 Å². The van der Waals surface area contributed by atoms with Gasteiger partial charge in [0.1, 0.15) is 0 Å². The van der Waals surface area contributed by atoms with Crippen LogP contribution in [0.2, 0.25) is 0 Å². The molecule has 0 spiro atoms. The van der Waals surface area contributed by atoms with E-state index < -0.39 is 0 Å². The molecule has 4 heteroatoms. The summed E-state index contributed by atoms with van der Waals surface area (Å²) in [5.74, 6) is 0.182. The minimum absolute atomic E-state index is 0.0163. The van der Waals surface area contributed by atoms with Crippen LogP contribution in [0.15, 0.2) is 36.4 Å². The normalized spacial score (nSPS) is 20.6. The molecule has 0 radical (unpaired) electrons. The quantitative estimate of drug-likeness (QED) is 0.797. The molecule has 2 rings (SSSR count). The molecule has 4 nitrogen and oxygen atoms in total. The second kappa shape index (κ2) is 6.88. The highest BCUT2D eigenvalue weighted by Gasteiger charge is 2.19. The molecule has 1 amide bonds. The van der Waals surface area contributed by atoms with E-state index in [1.807, 2.05) is 24.3 Å². The number of carbonyl (C=O) groups excluding carboxylic acids is 1. The average Bonchev–Trinajstić information content (AvgIpc) is 2.93. The molecule has 1 aliphatic carbocycles. The fourth-order valence-corrected chi connectivity index (χ4v) is 2.30. The lowest BCUT2D eigenvalue weighted by Crippen LogP contribution is -2.33. The maximum atomic E-state index is 11.8. The fraction of sp³-hybridized carbons (Fsp3) is 0.375. The smallest absolute Gasteiger partial charge is 0.220 e. The highest BCUT2D eigenvalue weighted by atomic mass is 16.3. The number of aliphatic hydroxyl groups excluding tert-OH is 1. The van der Waals surface area contributed by atoms with Crippen LogP contribution in [-0.2, 0) is 11.2 Å². The Bertz CT molecular complexity index is 528. The van der Waals surface area contributed by atoms with Crippen LogP contribution in [0.1, 0.15) is 24.0 Å². The number of benzene rings is 1. The van der Waals surface area contributed by atoms with Crippen molar-refractivity contribution in [3.63, 3.8) is 0 Å². The minimum atomic E-state index is 0.0163. The van der Waals surface area contributed by atoms with Gasteiger partial charge in [0.25, 0.3) is 0 Å². The summed E-state index contributed by atoms with van der Waals surface area (Å²) in [6.45, 7) is 0.133. The number of aliphatic hydroxyl groups is 1. The maximum absolute atomic E-state index is 11.8. The summed E-state index contributed by atoms with van der Waals surface area (Å²) < 4.78 is 0. The van der Waals surface area contributed by atoms with Gasteiger partial charge in [-0.15, -0.1) is 0 Å². The van der Waals surface area contributed by atoms with E-state index >= 15 is 0 Å². The van der Waals surface area contributed by atoms with E-state index in [0.29, 0.717) is 18.4 Å². The first-order valence-corrected chi connectivity index (χ1v) is 6.79. The third kappa shape index (κ3) is 3.94. The van der Waals surface area contributed by atoms with Crippen molar-refractivity contribution in [2.75, 3.05) is 6.61 Å². The molecule has 0 aliphatic heterocycles. The lowest BCUT2D eigenvalue weighted by atomic mass is 10.1. The second-order valence-electron chi connectivity index (χ2n) is 5.05. The van der Waals surface area contributed by atoms with Crippen LogP contribution >= 0.6 is 0 Å². The zero-order valence-electron chi connectivity index (χ0n) is 11.2. The molecule has 1 aromatic carbocycles. The van der Waals surface area contributed by atoms with Crippen molar-refractivity contribution in [2.24, 2.45) is 5.92 Å². The SMILES string of the molecule is N#Cc1ccc(CCC(=O)N[C@@H]2C=C[C@H](CO)C2)cc1. The first kappa shape index (κ1) is 14.3. The van der Waals surface area contributed by atoms with Crippen LogP contribution in [0.5, 0.6) is 0 Å². The summed E-state index contributed by atoms with van der Waals surface area (Å²) in [5, 5.41) is 20.7. The molecular weight excluding hydrogens is 252 g/mol. The Morgan fingerprint density at radius 3 is 2.70 bits per heavy atom. The summed E-state index contributed by atoms with van der Waals surface area (Å²) in [5.41, 5.74) is 1.68. The van der Waals surface area contributed by atoms with E-state index in [0.717, 1.165) is 12.0 Å². The zero-order valence-corrected chi connectivity index (χ0v) is 11.2. The molecule has 2 N–H and O–H groups in total.